The molecular formula is C10H15NO3S. The van der Waals surface area contributed by atoms with E-state index in [4.69, 9.17) is 9.52 Å². The summed E-state index contributed by atoms with van der Waals surface area (Å²) in [5, 5.41) is 8.45. The molecule has 0 radical (unpaired) electrons. The lowest BCUT2D eigenvalue weighted by Crippen LogP contribution is -2.09. The van der Waals surface area contributed by atoms with Crippen molar-refractivity contribution in [3.63, 3.8) is 0 Å². The van der Waals surface area contributed by atoms with Crippen molar-refractivity contribution in [2.45, 2.75) is 31.9 Å². The number of nitrogens with zero attached hydrogens (tertiary/aromatic N) is 1. The van der Waals surface area contributed by atoms with Gasteiger partial charge in [0.2, 0.25) is 5.89 Å². The molecule has 15 heavy (non-hydrogen) atoms. The summed E-state index contributed by atoms with van der Waals surface area (Å²) in [6.45, 7) is 6.13. The maximum Gasteiger partial charge on any atom is 0.313 e. The fourth-order valence-corrected chi connectivity index (χ4v) is 1.53. The van der Waals surface area contributed by atoms with Gasteiger partial charge in [-0.1, -0.05) is 20.8 Å². The number of thioether (sulfide) groups is 1. The van der Waals surface area contributed by atoms with Gasteiger partial charge in [0.1, 0.15) is 5.76 Å². The van der Waals surface area contributed by atoms with Crippen molar-refractivity contribution < 1.29 is 14.3 Å². The molecule has 0 unspecified atom stereocenters. The summed E-state index contributed by atoms with van der Waals surface area (Å²) in [4.78, 5) is 14.4. The first-order chi connectivity index (χ1) is 6.89. The number of hydrogen-bond donors (Lipinski definition) is 1. The van der Waals surface area contributed by atoms with Crippen molar-refractivity contribution in [1.29, 1.82) is 0 Å². The Balaban J connectivity index is 2.50. The molecule has 0 saturated heterocycles. The van der Waals surface area contributed by atoms with Crippen molar-refractivity contribution in [3.05, 3.63) is 17.8 Å². The van der Waals surface area contributed by atoms with E-state index in [9.17, 15) is 4.79 Å². The molecule has 4 nitrogen and oxygen atoms in total. The number of oxazole rings is 1. The minimum Gasteiger partial charge on any atom is -0.481 e. The van der Waals surface area contributed by atoms with Crippen LogP contribution < -0.4 is 0 Å². The van der Waals surface area contributed by atoms with Gasteiger partial charge in [-0.15, -0.1) is 11.8 Å². The number of carbonyl (C=O) groups is 1. The highest BCUT2D eigenvalue weighted by atomic mass is 32.2. The molecule has 0 aromatic carbocycles. The van der Waals surface area contributed by atoms with Gasteiger partial charge >= 0.3 is 5.97 Å². The summed E-state index contributed by atoms with van der Waals surface area (Å²) < 4.78 is 5.51. The van der Waals surface area contributed by atoms with Crippen LogP contribution >= 0.6 is 11.8 Å². The van der Waals surface area contributed by atoms with E-state index in [0.29, 0.717) is 11.6 Å². The van der Waals surface area contributed by atoms with E-state index in [0.717, 1.165) is 5.76 Å². The van der Waals surface area contributed by atoms with Crippen molar-refractivity contribution in [2.24, 2.45) is 0 Å². The van der Waals surface area contributed by atoms with Crippen LogP contribution in [0.3, 0.4) is 0 Å². The van der Waals surface area contributed by atoms with Crippen LogP contribution in [0.2, 0.25) is 0 Å². The largest absolute Gasteiger partial charge is 0.481 e. The van der Waals surface area contributed by atoms with Gasteiger partial charge in [0, 0.05) is 5.41 Å². The minimum absolute atomic E-state index is 0.0529. The Morgan fingerprint density at radius 1 is 1.60 bits per heavy atom. The summed E-state index contributed by atoms with van der Waals surface area (Å²) >= 11 is 1.28. The fraction of sp³-hybridized carbons (Fsp3) is 0.600. The Hall–Kier alpha value is -0.970. The van der Waals surface area contributed by atoms with Gasteiger partial charge < -0.3 is 9.52 Å². The summed E-state index contributed by atoms with van der Waals surface area (Å²) in [5.41, 5.74) is -0.0529. The van der Waals surface area contributed by atoms with E-state index in [1.54, 1.807) is 6.20 Å². The molecule has 0 fully saturated rings. The number of aromatic nitrogens is 1. The molecule has 0 aliphatic rings. The van der Waals surface area contributed by atoms with Gasteiger partial charge in [-0.25, -0.2) is 4.98 Å². The number of carboxylic acid groups (broad SMARTS) is 1. The van der Waals surface area contributed by atoms with Gasteiger partial charge in [-0.3, -0.25) is 4.79 Å². The van der Waals surface area contributed by atoms with Crippen LogP contribution in [0.15, 0.2) is 10.6 Å². The number of rotatable bonds is 4. The molecule has 0 saturated carbocycles. The molecule has 0 amide bonds. The minimum atomic E-state index is -0.817. The molecule has 1 rings (SSSR count). The number of hydrogen-bond acceptors (Lipinski definition) is 4. The van der Waals surface area contributed by atoms with Crippen LogP contribution in [0.1, 0.15) is 32.4 Å². The molecule has 1 heterocycles. The Morgan fingerprint density at radius 2 is 2.27 bits per heavy atom. The molecular weight excluding hydrogens is 214 g/mol. The second-order valence-electron chi connectivity index (χ2n) is 4.25. The Labute approximate surface area is 93.1 Å². The molecule has 1 aromatic heterocycles. The smallest absolute Gasteiger partial charge is 0.313 e. The summed E-state index contributed by atoms with van der Waals surface area (Å²) in [5.74, 6) is 1.18. The zero-order valence-electron chi connectivity index (χ0n) is 9.11. The van der Waals surface area contributed by atoms with E-state index in [2.05, 4.69) is 4.98 Å². The average molecular weight is 229 g/mol. The Bertz CT molecular complexity index is 341. The topological polar surface area (TPSA) is 63.3 Å². The van der Waals surface area contributed by atoms with Crippen molar-refractivity contribution in [3.8, 4) is 0 Å². The van der Waals surface area contributed by atoms with E-state index >= 15 is 0 Å². The molecule has 0 spiro atoms. The predicted octanol–water partition coefficient (Wildman–Crippen LogP) is 2.29. The molecule has 0 aliphatic heterocycles. The zero-order chi connectivity index (χ0) is 11.5. The van der Waals surface area contributed by atoms with Gasteiger partial charge in [-0.05, 0) is 0 Å². The lowest BCUT2D eigenvalue weighted by Gasteiger charge is -2.12. The van der Waals surface area contributed by atoms with Gasteiger partial charge in [0.05, 0.1) is 17.7 Å². The Morgan fingerprint density at radius 3 is 2.73 bits per heavy atom. The first kappa shape index (κ1) is 12.1. The van der Waals surface area contributed by atoms with Gasteiger partial charge in [0.15, 0.2) is 0 Å². The zero-order valence-corrected chi connectivity index (χ0v) is 9.93. The average Bonchev–Trinajstić information content (AvgIpc) is 2.51. The summed E-state index contributed by atoms with van der Waals surface area (Å²) in [6.07, 6.45) is 1.71. The highest BCUT2D eigenvalue weighted by molar-refractivity contribution is 7.99. The SMILES string of the molecule is CC(C)(C)c1cnc(CSCC(=O)O)o1. The molecule has 1 N–H and O–H groups in total. The maximum absolute atomic E-state index is 10.3. The van der Waals surface area contributed by atoms with E-state index in [-0.39, 0.29) is 11.2 Å². The normalized spacial score (nSPS) is 11.7. The van der Waals surface area contributed by atoms with Crippen LogP contribution in [-0.2, 0) is 16.0 Å². The molecule has 0 bridgehead atoms. The summed E-state index contributed by atoms with van der Waals surface area (Å²) in [7, 11) is 0. The lowest BCUT2D eigenvalue weighted by molar-refractivity contribution is -0.133. The maximum atomic E-state index is 10.3. The fourth-order valence-electron chi connectivity index (χ4n) is 0.949. The lowest BCUT2D eigenvalue weighted by atomic mass is 9.94. The van der Waals surface area contributed by atoms with Crippen LogP contribution in [-0.4, -0.2) is 21.8 Å². The first-order valence-corrected chi connectivity index (χ1v) is 5.80. The summed E-state index contributed by atoms with van der Waals surface area (Å²) in [6, 6.07) is 0. The third kappa shape index (κ3) is 3.95. The van der Waals surface area contributed by atoms with Gasteiger partial charge in [0.25, 0.3) is 0 Å². The monoisotopic (exact) mass is 229 g/mol. The highest BCUT2D eigenvalue weighted by Gasteiger charge is 2.19. The Kier molecular flexibility index (Phi) is 3.79. The van der Waals surface area contributed by atoms with Crippen LogP contribution in [0.4, 0.5) is 0 Å². The molecule has 1 aromatic rings. The van der Waals surface area contributed by atoms with Crippen molar-refractivity contribution in [2.75, 3.05) is 5.75 Å². The number of aliphatic carboxylic acids is 1. The molecule has 0 atom stereocenters. The molecule has 5 heteroatoms. The van der Waals surface area contributed by atoms with Crippen LogP contribution in [0.5, 0.6) is 0 Å². The predicted molar refractivity (Wildman–Crippen MR) is 59.0 cm³/mol. The van der Waals surface area contributed by atoms with Crippen molar-refractivity contribution in [1.82, 2.24) is 4.98 Å². The van der Waals surface area contributed by atoms with Crippen LogP contribution in [0, 0.1) is 0 Å². The number of carboxylic acids is 1. The second-order valence-corrected chi connectivity index (χ2v) is 5.24. The highest BCUT2D eigenvalue weighted by Crippen LogP contribution is 2.23. The van der Waals surface area contributed by atoms with Crippen molar-refractivity contribution >= 4 is 17.7 Å². The first-order valence-electron chi connectivity index (χ1n) is 4.64. The van der Waals surface area contributed by atoms with E-state index in [1.165, 1.54) is 11.8 Å². The quantitative estimate of drug-likeness (QED) is 0.858. The van der Waals surface area contributed by atoms with Crippen LogP contribution in [0.25, 0.3) is 0 Å². The van der Waals surface area contributed by atoms with E-state index < -0.39 is 5.97 Å². The second kappa shape index (κ2) is 4.70. The third-order valence-corrected chi connectivity index (χ3v) is 2.65. The van der Waals surface area contributed by atoms with E-state index in [1.807, 2.05) is 20.8 Å². The third-order valence-electron chi connectivity index (χ3n) is 1.74. The molecule has 84 valence electrons. The van der Waals surface area contributed by atoms with Gasteiger partial charge in [-0.2, -0.15) is 0 Å². The standard InChI is InChI=1S/C10H15NO3S/c1-10(2,3)7-4-11-8(14-7)5-15-6-9(12)13/h4H,5-6H2,1-3H3,(H,12,13). The molecule has 0 aliphatic carbocycles.